The van der Waals surface area contributed by atoms with Gasteiger partial charge in [0.05, 0.1) is 0 Å². The van der Waals surface area contributed by atoms with E-state index in [4.69, 9.17) is 0 Å². The van der Waals surface area contributed by atoms with Crippen LogP contribution in [0.25, 0.3) is 0 Å². The average Bonchev–Trinajstić information content (AvgIpc) is 2.89. The van der Waals surface area contributed by atoms with Crippen molar-refractivity contribution >= 4 is 11.7 Å². The molecule has 1 amide bonds. The third-order valence-corrected chi connectivity index (χ3v) is 4.11. The van der Waals surface area contributed by atoms with Crippen LogP contribution < -0.4 is 0 Å². The van der Waals surface area contributed by atoms with Gasteiger partial charge in [0.25, 0.3) is 0 Å². The Bertz CT molecular complexity index is 633. The molecule has 0 radical (unpaired) electrons. The van der Waals surface area contributed by atoms with Crippen LogP contribution >= 0.6 is 0 Å². The number of fused-ring (bicyclic) bond motifs is 1. The molecule has 3 rings (SSSR count). The topological polar surface area (TPSA) is 37.4 Å². The third kappa shape index (κ3) is 1.96. The summed E-state index contributed by atoms with van der Waals surface area (Å²) in [6.45, 7) is 2.20. The molecule has 20 heavy (non-hydrogen) atoms. The van der Waals surface area contributed by atoms with Gasteiger partial charge in [0.2, 0.25) is 5.91 Å². The summed E-state index contributed by atoms with van der Waals surface area (Å²) >= 11 is 0. The molecule has 0 bridgehead atoms. The van der Waals surface area contributed by atoms with Gasteiger partial charge < -0.3 is 4.90 Å². The Labute approximate surface area is 117 Å². The van der Waals surface area contributed by atoms with E-state index in [-0.39, 0.29) is 17.5 Å². The maximum Gasteiger partial charge on any atom is 0.223 e. The molecule has 3 nitrogen and oxygen atoms in total. The van der Waals surface area contributed by atoms with Gasteiger partial charge >= 0.3 is 0 Å². The summed E-state index contributed by atoms with van der Waals surface area (Å²) in [5, 5.41) is 0. The third-order valence-electron chi connectivity index (χ3n) is 4.11. The van der Waals surface area contributed by atoms with Crippen LogP contribution in [0.1, 0.15) is 42.1 Å². The number of carbonyl (C=O) groups excluding carboxylic acids is 2. The first-order valence-corrected chi connectivity index (χ1v) is 6.92. The van der Waals surface area contributed by atoms with E-state index in [1.165, 1.54) is 13.0 Å². The Morgan fingerprint density at radius 3 is 2.80 bits per heavy atom. The first-order valence-electron chi connectivity index (χ1n) is 6.92. The number of allylic oxidation sites excluding steroid dienone is 2. The van der Waals surface area contributed by atoms with E-state index >= 15 is 0 Å². The van der Waals surface area contributed by atoms with E-state index in [0.717, 1.165) is 18.5 Å². The van der Waals surface area contributed by atoms with Gasteiger partial charge in [-0.2, -0.15) is 0 Å². The second kappa shape index (κ2) is 4.85. The summed E-state index contributed by atoms with van der Waals surface area (Å²) in [7, 11) is 0. The molecule has 0 N–H and O–H groups in total. The number of benzene rings is 1. The highest BCUT2D eigenvalue weighted by Gasteiger charge is 2.31. The van der Waals surface area contributed by atoms with Crippen molar-refractivity contribution in [3.63, 3.8) is 0 Å². The fraction of sp³-hybridized carbons (Fsp3) is 0.375. The number of hydrogen-bond donors (Lipinski definition) is 0. The van der Waals surface area contributed by atoms with Crippen LogP contribution in [0.5, 0.6) is 0 Å². The van der Waals surface area contributed by atoms with Gasteiger partial charge in [-0.05, 0) is 37.3 Å². The number of ketones is 1. The normalized spacial score (nSPS) is 22.1. The van der Waals surface area contributed by atoms with Gasteiger partial charge in [0.1, 0.15) is 5.82 Å². The van der Waals surface area contributed by atoms with E-state index < -0.39 is 0 Å². The molecule has 1 aliphatic carbocycles. The monoisotopic (exact) mass is 273 g/mol. The molecule has 0 atom stereocenters. The van der Waals surface area contributed by atoms with E-state index in [0.29, 0.717) is 36.1 Å². The number of hydrogen-bond acceptors (Lipinski definition) is 2. The highest BCUT2D eigenvalue weighted by molar-refractivity contribution is 6.11. The maximum absolute atomic E-state index is 13.7. The summed E-state index contributed by atoms with van der Waals surface area (Å²) in [6, 6.07) is 4.63. The number of amides is 1. The van der Waals surface area contributed by atoms with Gasteiger partial charge in [-0.25, -0.2) is 4.39 Å². The highest BCUT2D eigenvalue weighted by atomic mass is 19.1. The molecule has 1 aromatic rings. The quantitative estimate of drug-likeness (QED) is 0.682. The zero-order chi connectivity index (χ0) is 14.3. The number of carbonyl (C=O) groups is 2. The van der Waals surface area contributed by atoms with Crippen LogP contribution in [-0.2, 0) is 11.2 Å². The van der Waals surface area contributed by atoms with Gasteiger partial charge in [0.15, 0.2) is 5.78 Å². The van der Waals surface area contributed by atoms with Crippen LogP contribution in [0.4, 0.5) is 4.39 Å². The molecule has 4 heteroatoms. The van der Waals surface area contributed by atoms with Crippen LogP contribution in [0.2, 0.25) is 0 Å². The molecule has 1 saturated heterocycles. The molecule has 0 unspecified atom stereocenters. The highest BCUT2D eigenvalue weighted by Crippen LogP contribution is 2.33. The lowest BCUT2D eigenvalue weighted by atomic mass is 9.85. The van der Waals surface area contributed by atoms with Crippen LogP contribution in [0.15, 0.2) is 29.5 Å². The maximum atomic E-state index is 13.7. The summed E-state index contributed by atoms with van der Waals surface area (Å²) < 4.78 is 13.7. The Hall–Kier alpha value is -1.97. The molecule has 104 valence electrons. The first-order chi connectivity index (χ1) is 9.59. The second-order valence-corrected chi connectivity index (χ2v) is 5.29. The van der Waals surface area contributed by atoms with Gasteiger partial charge in [0, 0.05) is 30.3 Å². The lowest BCUT2D eigenvalue weighted by Crippen LogP contribution is -2.27. The smallest absolute Gasteiger partial charge is 0.223 e. The minimum absolute atomic E-state index is 0.0251. The minimum Gasteiger partial charge on any atom is -0.316 e. The molecular weight excluding hydrogens is 257 g/mol. The standard InChI is InChI=1S/C16H16FNO2/c1-10(19)18-9-3-6-15(18)13-8-7-11-12(16(13)20)4-2-5-14(11)17/h2,4-5H,3,6-9H2,1H3/b15-13+. The zero-order valence-corrected chi connectivity index (χ0v) is 11.4. The van der Waals surface area contributed by atoms with Crippen molar-refractivity contribution in [2.24, 2.45) is 0 Å². The van der Waals surface area contributed by atoms with Gasteiger partial charge in [-0.1, -0.05) is 12.1 Å². The van der Waals surface area contributed by atoms with Gasteiger partial charge in [-0.15, -0.1) is 0 Å². The van der Waals surface area contributed by atoms with Crippen molar-refractivity contribution in [1.82, 2.24) is 4.90 Å². The largest absolute Gasteiger partial charge is 0.316 e. The first kappa shape index (κ1) is 13.0. The van der Waals surface area contributed by atoms with Crippen molar-refractivity contribution in [2.45, 2.75) is 32.6 Å². The van der Waals surface area contributed by atoms with Crippen molar-refractivity contribution in [3.8, 4) is 0 Å². The fourth-order valence-corrected chi connectivity index (χ4v) is 3.16. The van der Waals surface area contributed by atoms with Crippen molar-refractivity contribution in [1.29, 1.82) is 0 Å². The Balaban J connectivity index is 2.06. The molecule has 0 saturated carbocycles. The summed E-state index contributed by atoms with van der Waals surface area (Å²) in [5.74, 6) is -0.452. The Morgan fingerprint density at radius 2 is 2.05 bits per heavy atom. The van der Waals surface area contributed by atoms with Crippen molar-refractivity contribution < 1.29 is 14.0 Å². The molecule has 0 aromatic heterocycles. The Kier molecular flexibility index (Phi) is 3.16. The van der Waals surface area contributed by atoms with Crippen molar-refractivity contribution in [3.05, 3.63) is 46.4 Å². The number of nitrogens with zero attached hydrogens (tertiary/aromatic N) is 1. The van der Waals surface area contributed by atoms with E-state index in [2.05, 4.69) is 0 Å². The minimum atomic E-state index is -0.310. The van der Waals surface area contributed by atoms with Crippen molar-refractivity contribution in [2.75, 3.05) is 6.54 Å². The summed E-state index contributed by atoms with van der Waals surface area (Å²) in [4.78, 5) is 25.9. The molecule has 1 aliphatic heterocycles. The Morgan fingerprint density at radius 1 is 1.25 bits per heavy atom. The van der Waals surface area contributed by atoms with E-state index in [1.807, 2.05) is 0 Å². The van der Waals surface area contributed by atoms with Crippen LogP contribution in [0, 0.1) is 5.82 Å². The number of likely N-dealkylation sites (tertiary alicyclic amines) is 1. The predicted molar refractivity (Wildman–Crippen MR) is 72.7 cm³/mol. The summed E-state index contributed by atoms with van der Waals surface area (Å²) in [6.07, 6.45) is 2.69. The van der Waals surface area contributed by atoms with Crippen LogP contribution in [-0.4, -0.2) is 23.1 Å². The molecule has 1 heterocycles. The zero-order valence-electron chi connectivity index (χ0n) is 11.4. The molecule has 0 spiro atoms. The number of rotatable bonds is 0. The molecule has 2 aliphatic rings. The SMILES string of the molecule is CC(=O)N1CCC/C1=C1/CCc2c(F)cccc2C1=O. The van der Waals surface area contributed by atoms with E-state index in [9.17, 15) is 14.0 Å². The van der Waals surface area contributed by atoms with Gasteiger partial charge in [-0.3, -0.25) is 9.59 Å². The number of halogens is 1. The van der Waals surface area contributed by atoms with E-state index in [1.54, 1.807) is 17.0 Å². The lowest BCUT2D eigenvalue weighted by molar-refractivity contribution is -0.126. The molecule has 1 fully saturated rings. The second-order valence-electron chi connectivity index (χ2n) is 5.29. The fourth-order valence-electron chi connectivity index (χ4n) is 3.16. The number of Topliss-reactive ketones (excluding diaryl/α,β-unsaturated/α-hetero) is 1. The predicted octanol–water partition coefficient (Wildman–Crippen LogP) is 2.85. The average molecular weight is 273 g/mol. The summed E-state index contributed by atoms with van der Waals surface area (Å²) in [5.41, 5.74) is 2.50. The molecule has 1 aromatic carbocycles. The molecular formula is C16H16FNO2. The van der Waals surface area contributed by atoms with Crippen LogP contribution in [0.3, 0.4) is 0 Å². The lowest BCUT2D eigenvalue weighted by Gasteiger charge is -2.23.